The molecular weight excluding hydrogens is 321 g/mol. The molecule has 0 amide bonds. The first-order valence-corrected chi connectivity index (χ1v) is 6.12. The first kappa shape index (κ1) is 12.9. The van der Waals surface area contributed by atoms with Gasteiger partial charge in [-0.3, -0.25) is 10.1 Å². The van der Waals surface area contributed by atoms with Gasteiger partial charge in [-0.25, -0.2) is 0 Å². The first-order valence-electron chi connectivity index (χ1n) is 4.95. The number of nitro groups is 1. The zero-order valence-corrected chi connectivity index (χ0v) is 11.3. The zero-order chi connectivity index (χ0) is 13.1. The number of halogens is 2. The van der Waals surface area contributed by atoms with Crippen LogP contribution in [-0.2, 0) is 0 Å². The van der Waals surface area contributed by atoms with Gasteiger partial charge in [0.05, 0.1) is 14.4 Å². The van der Waals surface area contributed by atoms with Gasteiger partial charge >= 0.3 is 5.69 Å². The molecule has 92 valence electrons. The van der Waals surface area contributed by atoms with Crippen LogP contribution in [0, 0.1) is 10.1 Å². The zero-order valence-electron chi connectivity index (χ0n) is 8.97. The van der Waals surface area contributed by atoms with E-state index >= 15 is 0 Å². The molecule has 0 unspecified atom stereocenters. The quantitative estimate of drug-likeness (QED) is 0.600. The van der Waals surface area contributed by atoms with Crippen LogP contribution in [0.4, 0.5) is 5.69 Å². The number of hydrogen-bond acceptors (Lipinski definition) is 3. The Kier molecular flexibility index (Phi) is 3.84. The Morgan fingerprint density at radius 1 is 1.17 bits per heavy atom. The molecule has 18 heavy (non-hydrogen) atoms. The number of para-hydroxylation sites is 2. The summed E-state index contributed by atoms with van der Waals surface area (Å²) in [5, 5.41) is 11.1. The maximum atomic E-state index is 10.9. The largest absolute Gasteiger partial charge is 0.447 e. The molecule has 0 aliphatic rings. The Balaban J connectivity index is 2.46. The second-order valence-corrected chi connectivity index (χ2v) is 4.64. The molecule has 0 aliphatic heterocycles. The molecule has 6 heteroatoms. The van der Waals surface area contributed by atoms with Crippen molar-refractivity contribution in [1.29, 1.82) is 0 Å². The van der Waals surface area contributed by atoms with E-state index in [0.29, 0.717) is 10.2 Å². The molecule has 0 aromatic heterocycles. The topological polar surface area (TPSA) is 52.4 Å². The molecule has 2 rings (SSSR count). The van der Waals surface area contributed by atoms with Gasteiger partial charge in [0.25, 0.3) is 0 Å². The van der Waals surface area contributed by atoms with Crippen molar-refractivity contribution in [3.8, 4) is 11.5 Å². The minimum Gasteiger partial charge on any atom is -0.447 e. The monoisotopic (exact) mass is 327 g/mol. The van der Waals surface area contributed by atoms with Crippen LogP contribution in [0.15, 0.2) is 46.9 Å². The highest BCUT2D eigenvalue weighted by atomic mass is 79.9. The van der Waals surface area contributed by atoms with Crippen LogP contribution in [0.1, 0.15) is 0 Å². The second-order valence-electron chi connectivity index (χ2n) is 3.38. The van der Waals surface area contributed by atoms with Crippen LogP contribution >= 0.6 is 27.5 Å². The van der Waals surface area contributed by atoms with E-state index in [4.69, 9.17) is 16.3 Å². The first-order chi connectivity index (χ1) is 8.59. The third kappa shape index (κ3) is 2.63. The summed E-state index contributed by atoms with van der Waals surface area (Å²) >= 11 is 9.23. The van der Waals surface area contributed by atoms with Crippen molar-refractivity contribution >= 4 is 33.2 Å². The maximum Gasteiger partial charge on any atom is 0.313 e. The number of ether oxygens (including phenoxy) is 1. The standard InChI is InChI=1S/C12H7BrClNO3/c13-8-4-1-2-7-11(8)18-12-9(14)5-3-6-10(12)15(16)17/h1-7H. The van der Waals surface area contributed by atoms with Crippen LogP contribution in [0.2, 0.25) is 5.02 Å². The van der Waals surface area contributed by atoms with E-state index in [-0.39, 0.29) is 16.5 Å². The average molecular weight is 329 g/mol. The van der Waals surface area contributed by atoms with E-state index in [2.05, 4.69) is 15.9 Å². The smallest absolute Gasteiger partial charge is 0.313 e. The predicted molar refractivity (Wildman–Crippen MR) is 72.3 cm³/mol. The molecule has 0 spiro atoms. The molecule has 0 bridgehead atoms. The van der Waals surface area contributed by atoms with Gasteiger partial charge in [-0.05, 0) is 34.1 Å². The summed E-state index contributed by atoms with van der Waals surface area (Å²) in [6, 6.07) is 11.4. The van der Waals surface area contributed by atoms with Gasteiger partial charge < -0.3 is 4.74 Å². The summed E-state index contributed by atoms with van der Waals surface area (Å²) in [6.45, 7) is 0. The van der Waals surface area contributed by atoms with E-state index in [9.17, 15) is 10.1 Å². The van der Waals surface area contributed by atoms with Gasteiger partial charge in [0.2, 0.25) is 5.75 Å². The molecule has 4 nitrogen and oxygen atoms in total. The molecule has 0 radical (unpaired) electrons. The fourth-order valence-electron chi connectivity index (χ4n) is 1.38. The summed E-state index contributed by atoms with van der Waals surface area (Å²) < 4.78 is 6.21. The van der Waals surface area contributed by atoms with Crippen molar-refractivity contribution in [3.05, 3.63) is 62.1 Å². The Morgan fingerprint density at radius 2 is 1.89 bits per heavy atom. The summed E-state index contributed by atoms with van der Waals surface area (Å²) in [5.74, 6) is 0.504. The fraction of sp³-hybridized carbons (Fsp3) is 0. The SMILES string of the molecule is O=[N+]([O-])c1cccc(Cl)c1Oc1ccccc1Br. The highest BCUT2D eigenvalue weighted by molar-refractivity contribution is 9.10. The number of benzene rings is 2. The molecule has 0 saturated carbocycles. The maximum absolute atomic E-state index is 10.9. The lowest BCUT2D eigenvalue weighted by Gasteiger charge is -2.09. The summed E-state index contributed by atoms with van der Waals surface area (Å²) in [4.78, 5) is 10.4. The normalized spacial score (nSPS) is 10.1. The average Bonchev–Trinajstić information content (AvgIpc) is 2.34. The molecule has 0 saturated heterocycles. The van der Waals surface area contributed by atoms with Crippen molar-refractivity contribution in [2.75, 3.05) is 0 Å². The molecule has 0 N–H and O–H groups in total. The van der Waals surface area contributed by atoms with E-state index in [1.54, 1.807) is 24.3 Å². The molecule has 0 atom stereocenters. The van der Waals surface area contributed by atoms with Gasteiger partial charge in [-0.1, -0.05) is 29.8 Å². The van der Waals surface area contributed by atoms with Gasteiger partial charge in [-0.2, -0.15) is 0 Å². The lowest BCUT2D eigenvalue weighted by atomic mass is 10.3. The van der Waals surface area contributed by atoms with Crippen LogP contribution in [-0.4, -0.2) is 4.92 Å². The molecule has 0 fully saturated rings. The summed E-state index contributed by atoms with van der Waals surface area (Å²) in [5.41, 5.74) is -0.168. The van der Waals surface area contributed by atoms with Crippen molar-refractivity contribution in [1.82, 2.24) is 0 Å². The molecule has 2 aromatic carbocycles. The van der Waals surface area contributed by atoms with Crippen molar-refractivity contribution < 1.29 is 9.66 Å². The molecule has 0 aliphatic carbocycles. The minimum absolute atomic E-state index is 0.0380. The predicted octanol–water partition coefficient (Wildman–Crippen LogP) is 4.80. The van der Waals surface area contributed by atoms with E-state index < -0.39 is 4.92 Å². The Labute approximate surface area is 116 Å². The van der Waals surface area contributed by atoms with Gasteiger partial charge in [0.15, 0.2) is 0 Å². The van der Waals surface area contributed by atoms with Gasteiger partial charge in [-0.15, -0.1) is 0 Å². The minimum atomic E-state index is -0.530. The van der Waals surface area contributed by atoms with Crippen molar-refractivity contribution in [3.63, 3.8) is 0 Å². The Hall–Kier alpha value is -1.59. The lowest BCUT2D eigenvalue weighted by molar-refractivity contribution is -0.385. The summed E-state index contributed by atoms with van der Waals surface area (Å²) in [7, 11) is 0. The van der Waals surface area contributed by atoms with Crippen molar-refractivity contribution in [2.45, 2.75) is 0 Å². The number of nitrogens with zero attached hydrogens (tertiary/aromatic N) is 1. The number of nitro benzene ring substituents is 1. The van der Waals surface area contributed by atoms with Crippen LogP contribution in [0.25, 0.3) is 0 Å². The van der Waals surface area contributed by atoms with E-state index in [1.807, 2.05) is 6.07 Å². The molecule has 2 aromatic rings. The van der Waals surface area contributed by atoms with Crippen LogP contribution in [0.3, 0.4) is 0 Å². The third-order valence-corrected chi connectivity index (χ3v) is 3.14. The lowest BCUT2D eigenvalue weighted by Crippen LogP contribution is -1.94. The third-order valence-electron chi connectivity index (χ3n) is 2.19. The Morgan fingerprint density at radius 3 is 2.56 bits per heavy atom. The highest BCUT2D eigenvalue weighted by Crippen LogP contribution is 2.39. The molecule has 0 heterocycles. The van der Waals surface area contributed by atoms with Crippen LogP contribution in [0.5, 0.6) is 11.5 Å². The number of hydrogen-bond donors (Lipinski definition) is 0. The van der Waals surface area contributed by atoms with E-state index in [0.717, 1.165) is 0 Å². The summed E-state index contributed by atoms with van der Waals surface area (Å²) in [6.07, 6.45) is 0. The highest BCUT2D eigenvalue weighted by Gasteiger charge is 2.19. The van der Waals surface area contributed by atoms with Gasteiger partial charge in [0, 0.05) is 6.07 Å². The Bertz CT molecular complexity index is 604. The molecular formula is C12H7BrClNO3. The number of rotatable bonds is 3. The fourth-order valence-corrected chi connectivity index (χ4v) is 1.95. The van der Waals surface area contributed by atoms with E-state index in [1.165, 1.54) is 12.1 Å². The second kappa shape index (κ2) is 5.37. The van der Waals surface area contributed by atoms with Crippen LogP contribution < -0.4 is 4.74 Å². The van der Waals surface area contributed by atoms with Crippen molar-refractivity contribution in [2.24, 2.45) is 0 Å². The van der Waals surface area contributed by atoms with Gasteiger partial charge in [0.1, 0.15) is 5.75 Å².